The number of likely N-dealkylation sites (N-methyl/N-ethyl adjacent to an activating group) is 1. The van der Waals surface area contributed by atoms with Gasteiger partial charge in [0.15, 0.2) is 0 Å². The summed E-state index contributed by atoms with van der Waals surface area (Å²) < 4.78 is 1.35. The summed E-state index contributed by atoms with van der Waals surface area (Å²) in [4.78, 5) is 4.73. The van der Waals surface area contributed by atoms with Crippen LogP contribution in [-0.2, 0) is 6.42 Å². The van der Waals surface area contributed by atoms with Gasteiger partial charge in [0.1, 0.15) is 0 Å². The Balaban J connectivity index is 2.08. The molecule has 0 saturated heterocycles. The van der Waals surface area contributed by atoms with Gasteiger partial charge in [-0.25, -0.2) is 0 Å². The summed E-state index contributed by atoms with van der Waals surface area (Å²) in [6, 6.07) is 6.78. The lowest BCUT2D eigenvalue weighted by Crippen LogP contribution is -2.30. The molecule has 0 unspecified atom stereocenters. The van der Waals surface area contributed by atoms with Crippen LogP contribution >= 0.6 is 22.6 Å². The SMILES string of the molecule is CN(C)CCN1CCc2cc(I)ccc21. The van der Waals surface area contributed by atoms with E-state index in [2.05, 4.69) is 64.7 Å². The van der Waals surface area contributed by atoms with Crippen LogP contribution in [0.5, 0.6) is 0 Å². The number of anilines is 1. The maximum Gasteiger partial charge on any atom is 0.0400 e. The molecule has 0 amide bonds. The largest absolute Gasteiger partial charge is 0.370 e. The van der Waals surface area contributed by atoms with Gasteiger partial charge in [-0.15, -0.1) is 0 Å². The van der Waals surface area contributed by atoms with Crippen LogP contribution in [0.3, 0.4) is 0 Å². The highest BCUT2D eigenvalue weighted by Crippen LogP contribution is 2.28. The highest BCUT2D eigenvalue weighted by atomic mass is 127. The van der Waals surface area contributed by atoms with Crippen molar-refractivity contribution in [3.63, 3.8) is 0 Å². The Kier molecular flexibility index (Phi) is 3.51. The van der Waals surface area contributed by atoms with Crippen LogP contribution < -0.4 is 4.90 Å². The molecule has 1 aliphatic heterocycles. The Morgan fingerprint density at radius 3 is 2.93 bits per heavy atom. The van der Waals surface area contributed by atoms with Crippen molar-refractivity contribution >= 4 is 28.3 Å². The minimum Gasteiger partial charge on any atom is -0.370 e. The Labute approximate surface area is 105 Å². The molecule has 0 aromatic heterocycles. The second-order valence-electron chi connectivity index (χ2n) is 4.31. The van der Waals surface area contributed by atoms with Crippen molar-refractivity contribution in [3.8, 4) is 0 Å². The summed E-state index contributed by atoms with van der Waals surface area (Å²) in [7, 11) is 4.26. The molecule has 0 aliphatic carbocycles. The molecule has 1 aromatic rings. The summed E-state index contributed by atoms with van der Waals surface area (Å²) in [5.41, 5.74) is 2.96. The molecule has 2 nitrogen and oxygen atoms in total. The van der Waals surface area contributed by atoms with Gasteiger partial charge in [0, 0.05) is 28.9 Å². The maximum atomic E-state index is 2.49. The van der Waals surface area contributed by atoms with E-state index in [1.54, 1.807) is 0 Å². The van der Waals surface area contributed by atoms with Crippen molar-refractivity contribution in [2.45, 2.75) is 6.42 Å². The predicted molar refractivity (Wildman–Crippen MR) is 73.6 cm³/mol. The van der Waals surface area contributed by atoms with Gasteiger partial charge in [0.05, 0.1) is 0 Å². The third-order valence-electron chi connectivity index (χ3n) is 2.85. The smallest absolute Gasteiger partial charge is 0.0400 e. The van der Waals surface area contributed by atoms with E-state index < -0.39 is 0 Å². The number of fused-ring (bicyclic) bond motifs is 1. The van der Waals surface area contributed by atoms with Crippen LogP contribution in [0.2, 0.25) is 0 Å². The Hall–Kier alpha value is -0.290. The fourth-order valence-corrected chi connectivity index (χ4v) is 2.55. The average molecular weight is 316 g/mol. The van der Waals surface area contributed by atoms with Gasteiger partial charge in [-0.3, -0.25) is 0 Å². The van der Waals surface area contributed by atoms with Gasteiger partial charge >= 0.3 is 0 Å². The normalized spacial score (nSPS) is 14.8. The molecule has 0 saturated carbocycles. The molecule has 3 heteroatoms. The number of hydrogen-bond acceptors (Lipinski definition) is 2. The summed E-state index contributed by atoms with van der Waals surface area (Å²) in [5, 5.41) is 0. The first-order chi connectivity index (χ1) is 7.16. The number of halogens is 1. The molecular formula is C12H17IN2. The first kappa shape index (κ1) is 11.2. The standard InChI is InChI=1S/C12H17IN2/c1-14(2)7-8-15-6-5-10-9-11(13)3-4-12(10)15/h3-4,9H,5-8H2,1-2H3. The van der Waals surface area contributed by atoms with E-state index >= 15 is 0 Å². The van der Waals surface area contributed by atoms with E-state index in [4.69, 9.17) is 0 Å². The summed E-state index contributed by atoms with van der Waals surface area (Å²) in [6.45, 7) is 3.45. The van der Waals surface area contributed by atoms with Gasteiger partial charge in [0.25, 0.3) is 0 Å². The lowest BCUT2D eigenvalue weighted by Gasteiger charge is -2.21. The van der Waals surface area contributed by atoms with Crippen molar-refractivity contribution in [1.82, 2.24) is 4.90 Å². The van der Waals surface area contributed by atoms with E-state index in [0.717, 1.165) is 13.1 Å². The number of rotatable bonds is 3. The zero-order chi connectivity index (χ0) is 10.8. The zero-order valence-corrected chi connectivity index (χ0v) is 11.5. The molecule has 82 valence electrons. The van der Waals surface area contributed by atoms with E-state index in [1.165, 1.54) is 27.8 Å². The molecule has 15 heavy (non-hydrogen) atoms. The van der Waals surface area contributed by atoms with Crippen LogP contribution in [0.15, 0.2) is 18.2 Å². The van der Waals surface area contributed by atoms with Crippen LogP contribution in [0, 0.1) is 3.57 Å². The fourth-order valence-electron chi connectivity index (χ4n) is 1.99. The topological polar surface area (TPSA) is 6.48 Å². The highest BCUT2D eigenvalue weighted by molar-refractivity contribution is 14.1. The zero-order valence-electron chi connectivity index (χ0n) is 9.33. The summed E-state index contributed by atoms with van der Waals surface area (Å²) in [6.07, 6.45) is 1.21. The van der Waals surface area contributed by atoms with Crippen molar-refractivity contribution in [3.05, 3.63) is 27.3 Å². The fraction of sp³-hybridized carbons (Fsp3) is 0.500. The second-order valence-corrected chi connectivity index (χ2v) is 5.56. The molecule has 1 heterocycles. The average Bonchev–Trinajstić information content (AvgIpc) is 2.57. The lowest BCUT2D eigenvalue weighted by atomic mass is 10.2. The van der Waals surface area contributed by atoms with Gasteiger partial charge < -0.3 is 9.80 Å². The molecule has 0 bridgehead atoms. The minimum atomic E-state index is 1.13. The second kappa shape index (κ2) is 4.70. The summed E-state index contributed by atoms with van der Waals surface area (Å²) >= 11 is 2.39. The van der Waals surface area contributed by atoms with Gasteiger partial charge in [-0.05, 0) is 66.9 Å². The van der Waals surface area contributed by atoms with Crippen molar-refractivity contribution < 1.29 is 0 Å². The van der Waals surface area contributed by atoms with Crippen LogP contribution in [-0.4, -0.2) is 38.6 Å². The number of hydrogen-bond donors (Lipinski definition) is 0. The first-order valence-corrected chi connectivity index (χ1v) is 6.43. The van der Waals surface area contributed by atoms with Crippen LogP contribution in [0.1, 0.15) is 5.56 Å². The molecule has 2 rings (SSSR count). The van der Waals surface area contributed by atoms with Crippen LogP contribution in [0.25, 0.3) is 0 Å². The van der Waals surface area contributed by atoms with Crippen molar-refractivity contribution in [2.75, 3.05) is 38.6 Å². The Morgan fingerprint density at radius 2 is 2.20 bits per heavy atom. The number of nitrogens with zero attached hydrogens (tertiary/aromatic N) is 2. The minimum absolute atomic E-state index is 1.13. The predicted octanol–water partition coefficient (Wildman–Crippen LogP) is 2.22. The Morgan fingerprint density at radius 1 is 1.40 bits per heavy atom. The molecule has 0 fully saturated rings. The Bertz CT molecular complexity index is 349. The van der Waals surface area contributed by atoms with Gasteiger partial charge in [0.2, 0.25) is 0 Å². The maximum absolute atomic E-state index is 2.49. The third kappa shape index (κ3) is 2.64. The van der Waals surface area contributed by atoms with E-state index in [1.807, 2.05) is 0 Å². The lowest BCUT2D eigenvalue weighted by molar-refractivity contribution is 0.414. The van der Waals surface area contributed by atoms with Crippen molar-refractivity contribution in [1.29, 1.82) is 0 Å². The third-order valence-corrected chi connectivity index (χ3v) is 3.52. The highest BCUT2D eigenvalue weighted by Gasteiger charge is 2.18. The molecule has 1 aliphatic rings. The van der Waals surface area contributed by atoms with E-state index in [0.29, 0.717) is 0 Å². The molecule has 0 atom stereocenters. The van der Waals surface area contributed by atoms with E-state index in [9.17, 15) is 0 Å². The molecule has 0 radical (unpaired) electrons. The molecule has 0 N–H and O–H groups in total. The van der Waals surface area contributed by atoms with E-state index in [-0.39, 0.29) is 0 Å². The quantitative estimate of drug-likeness (QED) is 0.789. The monoisotopic (exact) mass is 316 g/mol. The number of benzene rings is 1. The van der Waals surface area contributed by atoms with Gasteiger partial charge in [-0.1, -0.05) is 0 Å². The van der Waals surface area contributed by atoms with Crippen LogP contribution in [0.4, 0.5) is 5.69 Å². The summed E-state index contributed by atoms with van der Waals surface area (Å²) in [5.74, 6) is 0. The van der Waals surface area contributed by atoms with Crippen molar-refractivity contribution in [2.24, 2.45) is 0 Å². The molecular weight excluding hydrogens is 299 g/mol. The van der Waals surface area contributed by atoms with Gasteiger partial charge in [-0.2, -0.15) is 0 Å². The molecule has 0 spiro atoms. The molecule has 1 aromatic carbocycles. The first-order valence-electron chi connectivity index (χ1n) is 5.35.